The van der Waals surface area contributed by atoms with Gasteiger partial charge < -0.3 is 15.4 Å². The van der Waals surface area contributed by atoms with Gasteiger partial charge in [0, 0.05) is 5.69 Å². The van der Waals surface area contributed by atoms with Crippen molar-refractivity contribution in [1.82, 2.24) is 0 Å². The highest BCUT2D eigenvalue weighted by Gasteiger charge is 2.48. The van der Waals surface area contributed by atoms with Gasteiger partial charge in [-0.25, -0.2) is 0 Å². The van der Waals surface area contributed by atoms with E-state index in [1.54, 1.807) is 7.11 Å². The standard InChI is InChI=1S/C22H26N2O3/c1-12-6-7-19(27-5)18(10-12)23-21(25)16-11-17(16)22(26)24-20-14(3)8-13(2)9-15(20)4/h6-10,16-17H,11H2,1-5H3,(H,23,25)(H,24,26). The molecule has 2 atom stereocenters. The van der Waals surface area contributed by atoms with Crippen LogP contribution in [0.5, 0.6) is 5.75 Å². The van der Waals surface area contributed by atoms with Crippen molar-refractivity contribution in [3.63, 3.8) is 0 Å². The second-order valence-electron chi connectivity index (χ2n) is 7.40. The Hall–Kier alpha value is -2.82. The van der Waals surface area contributed by atoms with Gasteiger partial charge in [0.2, 0.25) is 11.8 Å². The molecule has 5 nitrogen and oxygen atoms in total. The SMILES string of the molecule is COc1ccc(C)cc1NC(=O)C1CC1C(=O)Nc1c(C)cc(C)cc1C. The molecule has 2 aromatic carbocycles. The Bertz CT molecular complexity index is 881. The fourth-order valence-electron chi connectivity index (χ4n) is 3.51. The van der Waals surface area contributed by atoms with E-state index >= 15 is 0 Å². The molecule has 0 heterocycles. The van der Waals surface area contributed by atoms with Crippen LogP contribution in [0, 0.1) is 39.5 Å². The second-order valence-corrected chi connectivity index (χ2v) is 7.40. The Kier molecular flexibility index (Phi) is 5.22. The second kappa shape index (κ2) is 7.43. The van der Waals surface area contributed by atoms with Gasteiger partial charge in [-0.15, -0.1) is 0 Å². The Balaban J connectivity index is 1.65. The lowest BCUT2D eigenvalue weighted by Crippen LogP contribution is -2.21. The van der Waals surface area contributed by atoms with Crippen LogP contribution in [-0.2, 0) is 9.59 Å². The number of anilines is 2. The average Bonchev–Trinajstić information content (AvgIpc) is 3.39. The smallest absolute Gasteiger partial charge is 0.228 e. The van der Waals surface area contributed by atoms with Crippen LogP contribution in [0.4, 0.5) is 11.4 Å². The number of hydrogen-bond acceptors (Lipinski definition) is 3. The predicted molar refractivity (Wildman–Crippen MR) is 107 cm³/mol. The minimum Gasteiger partial charge on any atom is -0.495 e. The molecule has 0 aromatic heterocycles. The minimum absolute atomic E-state index is 0.0959. The van der Waals surface area contributed by atoms with Gasteiger partial charge in [-0.2, -0.15) is 0 Å². The van der Waals surface area contributed by atoms with Crippen LogP contribution in [0.3, 0.4) is 0 Å². The third-order valence-electron chi connectivity index (χ3n) is 5.00. The van der Waals surface area contributed by atoms with E-state index in [9.17, 15) is 9.59 Å². The Morgan fingerprint density at radius 1 is 0.889 bits per heavy atom. The maximum absolute atomic E-state index is 12.6. The molecule has 1 aliphatic carbocycles. The first kappa shape index (κ1) is 19.0. The highest BCUT2D eigenvalue weighted by Crippen LogP contribution is 2.41. The summed E-state index contributed by atoms with van der Waals surface area (Å²) in [5.41, 5.74) is 5.75. The molecular weight excluding hydrogens is 340 g/mol. The van der Waals surface area contributed by atoms with Crippen molar-refractivity contribution in [2.45, 2.75) is 34.1 Å². The van der Waals surface area contributed by atoms with Crippen LogP contribution in [0.1, 0.15) is 28.7 Å². The zero-order valence-corrected chi connectivity index (χ0v) is 16.5. The fraction of sp³-hybridized carbons (Fsp3) is 0.364. The molecule has 0 radical (unpaired) electrons. The first-order valence-corrected chi connectivity index (χ1v) is 9.14. The normalized spacial score (nSPS) is 18.0. The summed E-state index contributed by atoms with van der Waals surface area (Å²) in [5, 5.41) is 5.90. The third-order valence-corrected chi connectivity index (χ3v) is 5.00. The van der Waals surface area contributed by atoms with Gasteiger partial charge in [0.05, 0.1) is 24.6 Å². The van der Waals surface area contributed by atoms with Gasteiger partial charge in [0.15, 0.2) is 0 Å². The van der Waals surface area contributed by atoms with Crippen molar-refractivity contribution in [1.29, 1.82) is 0 Å². The summed E-state index contributed by atoms with van der Waals surface area (Å²) >= 11 is 0. The van der Waals surface area contributed by atoms with Crippen LogP contribution in [0.15, 0.2) is 30.3 Å². The van der Waals surface area contributed by atoms with Gasteiger partial charge in [0.1, 0.15) is 5.75 Å². The van der Waals surface area contributed by atoms with E-state index < -0.39 is 0 Å². The van der Waals surface area contributed by atoms with E-state index in [0.29, 0.717) is 17.9 Å². The van der Waals surface area contributed by atoms with E-state index in [2.05, 4.69) is 10.6 Å². The number of methoxy groups -OCH3 is 1. The maximum atomic E-state index is 12.6. The lowest BCUT2D eigenvalue weighted by molar-refractivity contribution is -0.122. The quantitative estimate of drug-likeness (QED) is 0.836. The van der Waals surface area contributed by atoms with Crippen molar-refractivity contribution in [3.05, 3.63) is 52.6 Å². The monoisotopic (exact) mass is 366 g/mol. The zero-order valence-electron chi connectivity index (χ0n) is 16.5. The average molecular weight is 366 g/mol. The van der Waals surface area contributed by atoms with E-state index in [1.165, 1.54) is 5.56 Å². The highest BCUT2D eigenvalue weighted by molar-refractivity contribution is 6.04. The number of benzene rings is 2. The Morgan fingerprint density at radius 3 is 2.07 bits per heavy atom. The molecule has 142 valence electrons. The summed E-state index contributed by atoms with van der Waals surface area (Å²) in [6, 6.07) is 9.71. The van der Waals surface area contributed by atoms with Crippen LogP contribution < -0.4 is 15.4 Å². The van der Waals surface area contributed by atoms with Crippen molar-refractivity contribution in [2.75, 3.05) is 17.7 Å². The van der Waals surface area contributed by atoms with Crippen LogP contribution in [0.25, 0.3) is 0 Å². The van der Waals surface area contributed by atoms with Crippen molar-refractivity contribution < 1.29 is 14.3 Å². The molecule has 1 fully saturated rings. The van der Waals surface area contributed by atoms with Gasteiger partial charge in [-0.05, 0) is 62.9 Å². The fourth-order valence-corrected chi connectivity index (χ4v) is 3.51. The molecule has 3 rings (SSSR count). The van der Waals surface area contributed by atoms with E-state index in [0.717, 1.165) is 22.4 Å². The number of amides is 2. The largest absolute Gasteiger partial charge is 0.495 e. The number of aryl methyl sites for hydroxylation is 4. The highest BCUT2D eigenvalue weighted by atomic mass is 16.5. The van der Waals surface area contributed by atoms with Crippen LogP contribution in [0.2, 0.25) is 0 Å². The predicted octanol–water partition coefficient (Wildman–Crippen LogP) is 4.14. The molecule has 5 heteroatoms. The summed E-state index contributed by atoms with van der Waals surface area (Å²) < 4.78 is 5.30. The summed E-state index contributed by atoms with van der Waals surface area (Å²) in [6.07, 6.45) is 0.565. The third kappa shape index (κ3) is 4.13. The number of hydrogen-bond donors (Lipinski definition) is 2. The molecule has 1 saturated carbocycles. The first-order valence-electron chi connectivity index (χ1n) is 9.14. The number of carbonyl (C=O) groups is 2. The molecule has 0 aliphatic heterocycles. The van der Waals surface area contributed by atoms with E-state index in [1.807, 2.05) is 58.0 Å². The zero-order chi connectivity index (χ0) is 19.7. The Labute approximate surface area is 160 Å². The lowest BCUT2D eigenvalue weighted by Gasteiger charge is -2.13. The van der Waals surface area contributed by atoms with E-state index in [-0.39, 0.29) is 23.7 Å². The minimum atomic E-state index is -0.304. The molecule has 1 aliphatic rings. The first-order chi connectivity index (χ1) is 12.8. The summed E-state index contributed by atoms with van der Waals surface area (Å²) in [6.45, 7) is 7.95. The summed E-state index contributed by atoms with van der Waals surface area (Å²) in [5.74, 6) is -0.221. The molecule has 2 N–H and O–H groups in total. The van der Waals surface area contributed by atoms with Crippen LogP contribution >= 0.6 is 0 Å². The van der Waals surface area contributed by atoms with Gasteiger partial charge >= 0.3 is 0 Å². The van der Waals surface area contributed by atoms with Crippen molar-refractivity contribution in [2.24, 2.45) is 11.8 Å². The molecule has 0 bridgehead atoms. The lowest BCUT2D eigenvalue weighted by atomic mass is 10.0. The number of rotatable bonds is 5. The summed E-state index contributed by atoms with van der Waals surface area (Å²) in [7, 11) is 1.57. The molecule has 2 unspecified atom stereocenters. The Morgan fingerprint density at radius 2 is 1.48 bits per heavy atom. The molecule has 2 aromatic rings. The number of nitrogens with one attached hydrogen (secondary N) is 2. The molecule has 2 amide bonds. The molecular formula is C22H26N2O3. The van der Waals surface area contributed by atoms with E-state index in [4.69, 9.17) is 4.74 Å². The maximum Gasteiger partial charge on any atom is 0.228 e. The number of carbonyl (C=O) groups excluding carboxylic acids is 2. The number of ether oxygens (including phenoxy) is 1. The van der Waals surface area contributed by atoms with Gasteiger partial charge in [0.25, 0.3) is 0 Å². The molecule has 27 heavy (non-hydrogen) atoms. The van der Waals surface area contributed by atoms with Gasteiger partial charge in [-0.3, -0.25) is 9.59 Å². The van der Waals surface area contributed by atoms with Crippen molar-refractivity contribution in [3.8, 4) is 5.75 Å². The molecule has 0 spiro atoms. The summed E-state index contributed by atoms with van der Waals surface area (Å²) in [4.78, 5) is 25.1. The van der Waals surface area contributed by atoms with Crippen LogP contribution in [-0.4, -0.2) is 18.9 Å². The molecule has 0 saturated heterocycles. The topological polar surface area (TPSA) is 67.4 Å². The van der Waals surface area contributed by atoms with Crippen molar-refractivity contribution >= 4 is 23.2 Å². The van der Waals surface area contributed by atoms with Gasteiger partial charge in [-0.1, -0.05) is 23.8 Å².